The van der Waals surface area contributed by atoms with Gasteiger partial charge in [-0.05, 0) is 31.5 Å². The molecular weight excluding hydrogens is 417 g/mol. The van der Waals surface area contributed by atoms with Crippen molar-refractivity contribution in [3.05, 3.63) is 61.5 Å². The van der Waals surface area contributed by atoms with Crippen LogP contribution in [0.4, 0.5) is 0 Å². The number of fused-ring (bicyclic) bond motifs is 1. The second kappa shape index (κ2) is 8.47. The Morgan fingerprint density at radius 1 is 1.10 bits per heavy atom. The van der Waals surface area contributed by atoms with E-state index in [1.54, 1.807) is 23.1 Å². The number of carbonyl (C=O) groups is 2. The Morgan fingerprint density at radius 3 is 2.41 bits per heavy atom. The van der Waals surface area contributed by atoms with E-state index in [0.717, 1.165) is 11.6 Å². The third-order valence-corrected chi connectivity index (χ3v) is 5.74. The predicted octanol–water partition coefficient (Wildman–Crippen LogP) is 3.00. The van der Waals surface area contributed by atoms with E-state index in [0.29, 0.717) is 29.7 Å². The molecule has 1 aliphatic rings. The van der Waals surface area contributed by atoms with Crippen molar-refractivity contribution in [1.82, 2.24) is 14.4 Å². The minimum absolute atomic E-state index is 0.106. The quantitative estimate of drug-likeness (QED) is 0.778. The van der Waals surface area contributed by atoms with Crippen molar-refractivity contribution in [2.75, 3.05) is 19.6 Å². The van der Waals surface area contributed by atoms with Gasteiger partial charge in [0.05, 0.1) is 10.0 Å². The number of nitrogens with zero attached hydrogens (tertiary/aromatic N) is 3. The van der Waals surface area contributed by atoms with E-state index in [9.17, 15) is 19.5 Å². The van der Waals surface area contributed by atoms with Gasteiger partial charge in [-0.1, -0.05) is 29.3 Å². The number of halogens is 2. The molecule has 1 aromatic heterocycles. The summed E-state index contributed by atoms with van der Waals surface area (Å²) in [6.07, 6.45) is 0. The lowest BCUT2D eigenvalue weighted by Gasteiger charge is -2.32. The first-order valence-electron chi connectivity index (χ1n) is 9.27. The highest BCUT2D eigenvalue weighted by atomic mass is 35.5. The highest BCUT2D eigenvalue weighted by molar-refractivity contribution is 6.42. The Hall–Kier alpha value is -2.51. The number of aromatic hydroxyl groups is 1. The Bertz CT molecular complexity index is 1030. The molecule has 29 heavy (non-hydrogen) atoms. The van der Waals surface area contributed by atoms with Gasteiger partial charge in [-0.25, -0.2) is 0 Å². The standard InChI is InChI=1S/C20H21Cl2N3O4/c1-3-23(4-2)19(28)15-10-16(26)18(27)17-20(29)24(7-8-25(15)17)11-12-5-6-13(21)14(22)9-12/h5-6,9-10,27H,3-4,7-8,11H2,1-2H3. The average Bonchev–Trinajstić information content (AvgIpc) is 2.70. The van der Waals surface area contributed by atoms with Gasteiger partial charge in [-0.3, -0.25) is 14.4 Å². The molecule has 1 aromatic carbocycles. The van der Waals surface area contributed by atoms with Crippen LogP contribution in [0.1, 0.15) is 40.4 Å². The van der Waals surface area contributed by atoms with Crippen molar-refractivity contribution in [2.24, 2.45) is 0 Å². The molecule has 1 aliphatic heterocycles. The SMILES string of the molecule is CCN(CC)C(=O)c1cc(=O)c(O)c2n1CCN(Cc1ccc(Cl)c(Cl)c1)C2=O. The van der Waals surface area contributed by atoms with Gasteiger partial charge >= 0.3 is 0 Å². The van der Waals surface area contributed by atoms with Crippen molar-refractivity contribution >= 4 is 35.0 Å². The molecule has 2 aromatic rings. The summed E-state index contributed by atoms with van der Waals surface area (Å²) in [6, 6.07) is 6.16. The first-order valence-corrected chi connectivity index (χ1v) is 10.0. The molecule has 0 radical (unpaired) electrons. The first kappa shape index (κ1) is 21.2. The summed E-state index contributed by atoms with van der Waals surface area (Å²) in [7, 11) is 0. The zero-order valence-corrected chi connectivity index (χ0v) is 17.6. The summed E-state index contributed by atoms with van der Waals surface area (Å²) in [6.45, 7) is 5.43. The number of hydrogen-bond acceptors (Lipinski definition) is 4. The zero-order valence-electron chi connectivity index (χ0n) is 16.1. The summed E-state index contributed by atoms with van der Waals surface area (Å²) in [4.78, 5) is 41.2. The lowest BCUT2D eigenvalue weighted by Crippen LogP contribution is -2.44. The van der Waals surface area contributed by atoms with Crippen LogP contribution < -0.4 is 5.43 Å². The topological polar surface area (TPSA) is 82.8 Å². The van der Waals surface area contributed by atoms with Crippen molar-refractivity contribution in [3.63, 3.8) is 0 Å². The molecule has 3 rings (SSSR count). The largest absolute Gasteiger partial charge is 0.503 e. The van der Waals surface area contributed by atoms with Gasteiger partial charge in [0, 0.05) is 38.8 Å². The number of rotatable bonds is 5. The molecule has 0 spiro atoms. The number of carbonyl (C=O) groups excluding carboxylic acids is 2. The van der Waals surface area contributed by atoms with Crippen LogP contribution in [0.15, 0.2) is 29.1 Å². The van der Waals surface area contributed by atoms with E-state index in [1.165, 1.54) is 9.47 Å². The van der Waals surface area contributed by atoms with Crippen molar-refractivity contribution < 1.29 is 14.7 Å². The molecule has 9 heteroatoms. The lowest BCUT2D eigenvalue weighted by atomic mass is 10.1. The fourth-order valence-electron chi connectivity index (χ4n) is 3.42. The Balaban J connectivity index is 1.99. The lowest BCUT2D eigenvalue weighted by molar-refractivity contribution is 0.0671. The second-order valence-electron chi connectivity index (χ2n) is 6.70. The van der Waals surface area contributed by atoms with E-state index >= 15 is 0 Å². The molecule has 2 amide bonds. The van der Waals surface area contributed by atoms with Gasteiger partial charge in [-0.15, -0.1) is 0 Å². The van der Waals surface area contributed by atoms with Crippen LogP contribution in [-0.4, -0.2) is 50.9 Å². The molecule has 0 saturated heterocycles. The van der Waals surface area contributed by atoms with Crippen LogP contribution >= 0.6 is 23.2 Å². The summed E-state index contributed by atoms with van der Waals surface area (Å²) < 4.78 is 1.44. The maximum Gasteiger partial charge on any atom is 0.274 e. The maximum atomic E-state index is 13.1. The van der Waals surface area contributed by atoms with Crippen LogP contribution in [0.2, 0.25) is 10.0 Å². The second-order valence-corrected chi connectivity index (χ2v) is 7.51. The van der Waals surface area contributed by atoms with Crippen LogP contribution in [0.5, 0.6) is 5.75 Å². The Morgan fingerprint density at radius 2 is 1.79 bits per heavy atom. The molecule has 0 saturated carbocycles. The van der Waals surface area contributed by atoms with Gasteiger partial charge < -0.3 is 19.5 Å². The Labute approximate surface area is 178 Å². The van der Waals surface area contributed by atoms with Crippen LogP contribution in [-0.2, 0) is 13.1 Å². The van der Waals surface area contributed by atoms with Gasteiger partial charge in [0.25, 0.3) is 11.8 Å². The number of benzene rings is 1. The van der Waals surface area contributed by atoms with E-state index in [1.807, 2.05) is 13.8 Å². The van der Waals surface area contributed by atoms with Crippen molar-refractivity contribution in [3.8, 4) is 5.75 Å². The number of amides is 2. The van der Waals surface area contributed by atoms with Crippen molar-refractivity contribution in [1.29, 1.82) is 0 Å². The molecule has 2 heterocycles. The van der Waals surface area contributed by atoms with Crippen LogP contribution in [0.25, 0.3) is 0 Å². The summed E-state index contributed by atoms with van der Waals surface area (Å²) in [5.74, 6) is -1.52. The third-order valence-electron chi connectivity index (χ3n) is 5.00. The Kier molecular flexibility index (Phi) is 6.19. The smallest absolute Gasteiger partial charge is 0.274 e. The van der Waals surface area contributed by atoms with E-state index in [4.69, 9.17) is 23.2 Å². The summed E-state index contributed by atoms with van der Waals surface area (Å²) in [5.41, 5.74) is -0.0525. The molecule has 0 atom stereocenters. The molecule has 0 aliphatic carbocycles. The van der Waals surface area contributed by atoms with Gasteiger partial charge in [0.2, 0.25) is 5.43 Å². The number of aromatic nitrogens is 1. The molecule has 1 N–H and O–H groups in total. The average molecular weight is 438 g/mol. The first-order chi connectivity index (χ1) is 13.8. The minimum Gasteiger partial charge on any atom is -0.503 e. The maximum absolute atomic E-state index is 13.1. The fourth-order valence-corrected chi connectivity index (χ4v) is 3.74. The highest BCUT2D eigenvalue weighted by Crippen LogP contribution is 2.26. The molecule has 0 bridgehead atoms. The van der Waals surface area contributed by atoms with Gasteiger partial charge in [0.15, 0.2) is 11.4 Å². The molecule has 0 fully saturated rings. The van der Waals surface area contributed by atoms with Crippen LogP contribution in [0, 0.1) is 0 Å². The van der Waals surface area contributed by atoms with E-state index in [-0.39, 0.29) is 30.4 Å². The predicted molar refractivity (Wildman–Crippen MR) is 111 cm³/mol. The van der Waals surface area contributed by atoms with E-state index < -0.39 is 17.1 Å². The number of pyridine rings is 1. The molecule has 0 unspecified atom stereocenters. The minimum atomic E-state index is -0.753. The monoisotopic (exact) mass is 437 g/mol. The highest BCUT2D eigenvalue weighted by Gasteiger charge is 2.32. The third kappa shape index (κ3) is 3.97. The van der Waals surface area contributed by atoms with Gasteiger partial charge in [0.1, 0.15) is 5.69 Å². The van der Waals surface area contributed by atoms with E-state index in [2.05, 4.69) is 0 Å². The summed E-state index contributed by atoms with van der Waals surface area (Å²) >= 11 is 12.0. The normalized spacial score (nSPS) is 13.4. The van der Waals surface area contributed by atoms with Gasteiger partial charge in [-0.2, -0.15) is 0 Å². The van der Waals surface area contributed by atoms with Crippen molar-refractivity contribution in [2.45, 2.75) is 26.9 Å². The number of hydrogen-bond donors (Lipinski definition) is 1. The molecule has 7 nitrogen and oxygen atoms in total. The molecule has 154 valence electrons. The van der Waals surface area contributed by atoms with Crippen LogP contribution in [0.3, 0.4) is 0 Å². The molecular formula is C20H21Cl2N3O4. The zero-order chi connectivity index (χ0) is 21.3. The fraction of sp³-hybridized carbons (Fsp3) is 0.350. The summed E-state index contributed by atoms with van der Waals surface area (Å²) in [5, 5.41) is 11.1.